The van der Waals surface area contributed by atoms with Crippen molar-refractivity contribution in [2.75, 3.05) is 13.2 Å². The van der Waals surface area contributed by atoms with Gasteiger partial charge in [0.25, 0.3) is 0 Å². The van der Waals surface area contributed by atoms with Gasteiger partial charge in [-0.1, -0.05) is 239 Å². The van der Waals surface area contributed by atoms with Crippen LogP contribution in [0.2, 0.25) is 0 Å². The van der Waals surface area contributed by atoms with Crippen molar-refractivity contribution >= 4 is 17.9 Å². The molecule has 0 aliphatic rings. The molecular formula is C64H104O6. The molecule has 6 nitrogen and oxygen atoms in total. The van der Waals surface area contributed by atoms with Crippen LogP contribution in [0, 0.1) is 0 Å². The number of carbonyl (C=O) groups is 3. The Kier molecular flexibility index (Phi) is 54.0. The van der Waals surface area contributed by atoms with Crippen LogP contribution in [0.15, 0.2) is 122 Å². The monoisotopic (exact) mass is 969 g/mol. The van der Waals surface area contributed by atoms with Crippen LogP contribution in [0.5, 0.6) is 0 Å². The fourth-order valence-electron chi connectivity index (χ4n) is 7.44. The lowest BCUT2D eigenvalue weighted by atomic mass is 10.1. The summed E-state index contributed by atoms with van der Waals surface area (Å²) in [4.78, 5) is 37.7. The molecule has 0 aromatic heterocycles. The van der Waals surface area contributed by atoms with Crippen molar-refractivity contribution in [3.63, 3.8) is 0 Å². The third-order valence-corrected chi connectivity index (χ3v) is 11.7. The maximum absolute atomic E-state index is 12.7. The maximum atomic E-state index is 12.7. The Morgan fingerprint density at radius 2 is 0.586 bits per heavy atom. The van der Waals surface area contributed by atoms with Crippen molar-refractivity contribution in [3.8, 4) is 0 Å². The van der Waals surface area contributed by atoms with Crippen molar-refractivity contribution in [1.82, 2.24) is 0 Å². The lowest BCUT2D eigenvalue weighted by Gasteiger charge is -2.18. The predicted molar refractivity (Wildman–Crippen MR) is 302 cm³/mol. The molecule has 0 N–H and O–H groups in total. The molecule has 0 aromatic rings. The van der Waals surface area contributed by atoms with Gasteiger partial charge in [-0.15, -0.1) is 0 Å². The highest BCUT2D eigenvalue weighted by Gasteiger charge is 2.19. The van der Waals surface area contributed by atoms with Crippen molar-refractivity contribution in [3.05, 3.63) is 122 Å². The Morgan fingerprint density at radius 1 is 0.300 bits per heavy atom. The van der Waals surface area contributed by atoms with Gasteiger partial charge in [-0.05, 0) is 109 Å². The standard InChI is InChI=1S/C64H104O6/c1-4-7-10-13-16-18-20-21-22-23-24-25-26-27-28-29-30-31-32-33-34-35-36-37-38-39-40-41-42-43-44-46-48-51-54-57-63(66)69-60-61(59-68-62(65)56-53-50-47-15-12-9-6-3)70-64(67)58-55-52-49-45-19-17-14-11-8-5-2/h7,10-11,14,16,18,21-22,24-25,27-28,30-31,33-34,36-37,39-40,61H,4-6,8-9,12-13,15,17,19-20,23,26,29,32,35,38,41-60H2,1-3H3/b10-7-,14-11-,18-16-,22-21-,25-24-,28-27-,31-30-,34-33-,37-36-,40-39-. The molecule has 0 aliphatic heterocycles. The minimum Gasteiger partial charge on any atom is -0.462 e. The third-order valence-electron chi connectivity index (χ3n) is 11.7. The van der Waals surface area contributed by atoms with Gasteiger partial charge in [-0.25, -0.2) is 0 Å². The molecule has 0 rings (SSSR count). The van der Waals surface area contributed by atoms with E-state index in [1.165, 1.54) is 64.2 Å². The van der Waals surface area contributed by atoms with Crippen molar-refractivity contribution in [2.45, 2.75) is 252 Å². The fourth-order valence-corrected chi connectivity index (χ4v) is 7.44. The lowest BCUT2D eigenvalue weighted by Crippen LogP contribution is -2.30. The number of ether oxygens (including phenoxy) is 3. The predicted octanol–water partition coefficient (Wildman–Crippen LogP) is 19.3. The molecule has 0 saturated heterocycles. The zero-order valence-electron chi connectivity index (χ0n) is 45.2. The summed E-state index contributed by atoms with van der Waals surface area (Å²) in [5.41, 5.74) is 0. The lowest BCUT2D eigenvalue weighted by molar-refractivity contribution is -0.167. The molecule has 0 saturated carbocycles. The third kappa shape index (κ3) is 54.7. The Hall–Kier alpha value is -4.19. The van der Waals surface area contributed by atoms with E-state index in [1.54, 1.807) is 0 Å². The van der Waals surface area contributed by atoms with Gasteiger partial charge in [0.05, 0.1) is 0 Å². The molecule has 0 amide bonds. The minimum atomic E-state index is -0.784. The van der Waals surface area contributed by atoms with Crippen LogP contribution in [0.1, 0.15) is 245 Å². The summed E-state index contributed by atoms with van der Waals surface area (Å²) >= 11 is 0. The number of rotatable bonds is 50. The molecule has 0 aliphatic carbocycles. The Morgan fingerprint density at radius 3 is 0.943 bits per heavy atom. The summed E-state index contributed by atoms with van der Waals surface area (Å²) in [7, 11) is 0. The smallest absolute Gasteiger partial charge is 0.306 e. The molecule has 396 valence electrons. The van der Waals surface area contributed by atoms with E-state index in [1.807, 2.05) is 0 Å². The molecular weight excluding hydrogens is 865 g/mol. The van der Waals surface area contributed by atoms with Gasteiger partial charge in [-0.3, -0.25) is 14.4 Å². The summed E-state index contributed by atoms with van der Waals surface area (Å²) in [5, 5.41) is 0. The zero-order chi connectivity index (χ0) is 50.7. The van der Waals surface area contributed by atoms with Crippen LogP contribution in [-0.2, 0) is 28.6 Å². The highest BCUT2D eigenvalue weighted by Crippen LogP contribution is 2.14. The summed E-state index contributed by atoms with van der Waals surface area (Å²) in [6.45, 7) is 6.39. The Labute approximate surface area is 431 Å². The topological polar surface area (TPSA) is 78.9 Å². The van der Waals surface area contributed by atoms with Crippen LogP contribution in [0.25, 0.3) is 0 Å². The van der Waals surface area contributed by atoms with E-state index in [0.29, 0.717) is 19.3 Å². The van der Waals surface area contributed by atoms with E-state index in [9.17, 15) is 14.4 Å². The van der Waals surface area contributed by atoms with Crippen molar-refractivity contribution in [2.24, 2.45) is 0 Å². The normalized spacial score (nSPS) is 13.0. The summed E-state index contributed by atoms with van der Waals surface area (Å²) in [5.74, 6) is -0.920. The van der Waals surface area contributed by atoms with E-state index >= 15 is 0 Å². The average Bonchev–Trinajstić information content (AvgIpc) is 3.36. The summed E-state index contributed by atoms with van der Waals surface area (Å²) in [6, 6.07) is 0. The Balaban J connectivity index is 4.08. The van der Waals surface area contributed by atoms with Gasteiger partial charge in [-0.2, -0.15) is 0 Å². The first-order valence-electron chi connectivity index (χ1n) is 28.5. The second kappa shape index (κ2) is 57.4. The van der Waals surface area contributed by atoms with Gasteiger partial charge in [0.1, 0.15) is 13.2 Å². The van der Waals surface area contributed by atoms with E-state index in [4.69, 9.17) is 14.2 Å². The first-order valence-corrected chi connectivity index (χ1v) is 28.5. The van der Waals surface area contributed by atoms with Crippen LogP contribution in [-0.4, -0.2) is 37.2 Å². The number of unbranched alkanes of at least 4 members (excludes halogenated alkanes) is 19. The number of hydrogen-bond donors (Lipinski definition) is 0. The first-order chi connectivity index (χ1) is 34.5. The molecule has 1 unspecified atom stereocenters. The van der Waals surface area contributed by atoms with E-state index < -0.39 is 6.10 Å². The van der Waals surface area contributed by atoms with Gasteiger partial charge in [0.15, 0.2) is 6.10 Å². The van der Waals surface area contributed by atoms with Crippen molar-refractivity contribution in [1.29, 1.82) is 0 Å². The molecule has 0 radical (unpaired) electrons. The van der Waals surface area contributed by atoms with Gasteiger partial charge in [0, 0.05) is 19.3 Å². The SMILES string of the molecule is CC/C=C\C/C=C\C/C=C\C/C=C\C/C=C\C/C=C\C/C=C\C/C=C\C/C=C\CCCCCCCCCC(=O)OCC(COC(=O)CCCCCCCCC)OC(=O)CCCCCCC/C=C\CCC. The van der Waals surface area contributed by atoms with E-state index in [0.717, 1.165) is 141 Å². The molecule has 1 atom stereocenters. The molecule has 0 bridgehead atoms. The molecule has 0 heterocycles. The number of esters is 3. The van der Waals surface area contributed by atoms with Crippen LogP contribution in [0.3, 0.4) is 0 Å². The quantitative estimate of drug-likeness (QED) is 0.0262. The molecule has 0 spiro atoms. The van der Waals surface area contributed by atoms with Crippen LogP contribution >= 0.6 is 0 Å². The molecule has 0 aromatic carbocycles. The fraction of sp³-hybridized carbons (Fsp3) is 0.641. The summed E-state index contributed by atoms with van der Waals surface area (Å²) in [6.07, 6.45) is 79.4. The second-order valence-electron chi connectivity index (χ2n) is 18.5. The van der Waals surface area contributed by atoms with Crippen molar-refractivity contribution < 1.29 is 28.6 Å². The number of allylic oxidation sites excluding steroid dienone is 20. The molecule has 6 heteroatoms. The minimum absolute atomic E-state index is 0.0854. The summed E-state index contributed by atoms with van der Waals surface area (Å²) < 4.78 is 16.7. The largest absolute Gasteiger partial charge is 0.462 e. The highest BCUT2D eigenvalue weighted by atomic mass is 16.6. The number of hydrogen-bond acceptors (Lipinski definition) is 6. The Bertz CT molecular complexity index is 1490. The molecule has 0 fully saturated rings. The highest BCUT2D eigenvalue weighted by molar-refractivity contribution is 5.71. The van der Waals surface area contributed by atoms with E-state index in [-0.39, 0.29) is 31.1 Å². The zero-order valence-corrected chi connectivity index (χ0v) is 45.2. The van der Waals surface area contributed by atoms with Gasteiger partial charge >= 0.3 is 17.9 Å². The first kappa shape index (κ1) is 65.8. The average molecular weight is 970 g/mol. The number of carbonyl (C=O) groups excluding carboxylic acids is 3. The van der Waals surface area contributed by atoms with Gasteiger partial charge < -0.3 is 14.2 Å². The molecule has 70 heavy (non-hydrogen) atoms. The van der Waals surface area contributed by atoms with Crippen LogP contribution < -0.4 is 0 Å². The maximum Gasteiger partial charge on any atom is 0.306 e. The van der Waals surface area contributed by atoms with E-state index in [2.05, 4.69) is 142 Å². The second-order valence-corrected chi connectivity index (χ2v) is 18.5. The van der Waals surface area contributed by atoms with Gasteiger partial charge in [0.2, 0.25) is 0 Å². The van der Waals surface area contributed by atoms with Crippen LogP contribution in [0.4, 0.5) is 0 Å².